The number of rotatable bonds is 1. The molecule has 0 saturated heterocycles. The van der Waals surface area contributed by atoms with Crippen LogP contribution in [0.5, 0.6) is 5.75 Å². The summed E-state index contributed by atoms with van der Waals surface area (Å²) in [4.78, 5) is 3.40. The lowest BCUT2D eigenvalue weighted by atomic mass is 10.5. The lowest BCUT2D eigenvalue weighted by Crippen LogP contribution is -2.17. The third kappa shape index (κ3) is 5.64. The second-order valence-corrected chi connectivity index (χ2v) is 2.25. The van der Waals surface area contributed by atoms with Gasteiger partial charge in [-0.1, -0.05) is 25.4 Å². The van der Waals surface area contributed by atoms with Gasteiger partial charge in [-0.25, -0.2) is 4.98 Å². The Kier molecular flexibility index (Phi) is 5.30. The first-order valence-corrected chi connectivity index (χ1v) is 4.22. The summed E-state index contributed by atoms with van der Waals surface area (Å²) in [5, 5.41) is 0.115. The predicted molar refractivity (Wildman–Crippen MR) is 47.3 cm³/mol. The normalized spacial score (nSPS) is 10.1. The Morgan fingerprint density at radius 3 is 2.21 bits per heavy atom. The molecule has 1 heterocycles. The topological polar surface area (TPSA) is 22.1 Å². The van der Waals surface area contributed by atoms with E-state index in [1.807, 2.05) is 13.8 Å². The monoisotopic (exact) mass is 227 g/mol. The van der Waals surface area contributed by atoms with Crippen molar-refractivity contribution in [3.63, 3.8) is 0 Å². The molecule has 1 aromatic rings. The van der Waals surface area contributed by atoms with Gasteiger partial charge in [-0.05, 0) is 12.1 Å². The van der Waals surface area contributed by atoms with E-state index in [4.69, 9.17) is 11.6 Å². The number of alkyl halides is 3. The van der Waals surface area contributed by atoms with Crippen LogP contribution in [0.2, 0.25) is 5.15 Å². The van der Waals surface area contributed by atoms with E-state index in [2.05, 4.69) is 9.72 Å². The molecule has 14 heavy (non-hydrogen) atoms. The van der Waals surface area contributed by atoms with Crippen LogP contribution < -0.4 is 4.74 Å². The van der Waals surface area contributed by atoms with Crippen molar-refractivity contribution in [1.29, 1.82) is 0 Å². The number of nitrogens with zero attached hydrogens (tertiary/aromatic N) is 1. The van der Waals surface area contributed by atoms with Gasteiger partial charge in [0.2, 0.25) is 0 Å². The highest BCUT2D eigenvalue weighted by molar-refractivity contribution is 6.29. The minimum Gasteiger partial charge on any atom is -0.404 e. The fourth-order valence-electron chi connectivity index (χ4n) is 0.556. The summed E-state index contributed by atoms with van der Waals surface area (Å²) in [5.74, 6) is -0.382. The largest absolute Gasteiger partial charge is 0.573 e. The van der Waals surface area contributed by atoms with Crippen LogP contribution in [0, 0.1) is 0 Å². The SMILES string of the molecule is CC.FC(F)(F)Oc1ccc(Cl)nc1. The number of hydrogen-bond donors (Lipinski definition) is 0. The van der Waals surface area contributed by atoms with Crippen molar-refractivity contribution in [2.75, 3.05) is 0 Å². The molecule has 0 aliphatic heterocycles. The summed E-state index contributed by atoms with van der Waals surface area (Å²) in [6.45, 7) is 4.00. The first-order chi connectivity index (χ1) is 6.47. The Balaban J connectivity index is 0.000000791. The maximum absolute atomic E-state index is 11.6. The van der Waals surface area contributed by atoms with E-state index in [1.165, 1.54) is 6.07 Å². The van der Waals surface area contributed by atoms with Crippen LogP contribution in [0.3, 0.4) is 0 Å². The van der Waals surface area contributed by atoms with Gasteiger partial charge < -0.3 is 4.74 Å². The average Bonchev–Trinajstić information content (AvgIpc) is 2.10. The Morgan fingerprint density at radius 1 is 1.29 bits per heavy atom. The van der Waals surface area contributed by atoms with Crippen molar-refractivity contribution < 1.29 is 17.9 Å². The number of aromatic nitrogens is 1. The van der Waals surface area contributed by atoms with Crippen LogP contribution in [0.4, 0.5) is 13.2 Å². The van der Waals surface area contributed by atoms with Crippen LogP contribution >= 0.6 is 11.6 Å². The zero-order valence-corrected chi connectivity index (χ0v) is 8.36. The van der Waals surface area contributed by atoms with E-state index in [0.29, 0.717) is 0 Å². The summed E-state index contributed by atoms with van der Waals surface area (Å²) in [5.41, 5.74) is 0. The molecule has 80 valence electrons. The Hall–Kier alpha value is -0.970. The molecule has 2 nitrogen and oxygen atoms in total. The molecule has 0 bridgehead atoms. The van der Waals surface area contributed by atoms with Gasteiger partial charge in [0.25, 0.3) is 0 Å². The molecular weight excluding hydrogens is 219 g/mol. The van der Waals surface area contributed by atoms with Crippen LogP contribution in [-0.4, -0.2) is 11.3 Å². The smallest absolute Gasteiger partial charge is 0.404 e. The quantitative estimate of drug-likeness (QED) is 0.683. The molecule has 0 spiro atoms. The molecule has 0 saturated carbocycles. The average molecular weight is 228 g/mol. The van der Waals surface area contributed by atoms with Crippen molar-refractivity contribution in [2.45, 2.75) is 20.2 Å². The zero-order chi connectivity index (χ0) is 11.2. The Labute approximate surface area is 84.7 Å². The molecule has 0 aromatic carbocycles. The summed E-state index contributed by atoms with van der Waals surface area (Å²) < 4.78 is 38.2. The van der Waals surface area contributed by atoms with E-state index < -0.39 is 6.36 Å². The maximum atomic E-state index is 11.6. The van der Waals surface area contributed by atoms with E-state index in [0.717, 1.165) is 12.3 Å². The Morgan fingerprint density at radius 2 is 1.86 bits per heavy atom. The number of halogens is 4. The van der Waals surface area contributed by atoms with Gasteiger partial charge in [0.15, 0.2) is 0 Å². The van der Waals surface area contributed by atoms with Crippen molar-refractivity contribution in [1.82, 2.24) is 4.98 Å². The molecule has 0 atom stereocenters. The third-order valence-corrected chi connectivity index (χ3v) is 1.16. The second-order valence-electron chi connectivity index (χ2n) is 1.86. The molecule has 0 amide bonds. The molecule has 6 heteroatoms. The standard InChI is InChI=1S/C6H3ClF3NO.C2H6/c7-5-2-1-4(3-11-5)12-6(8,9)10;1-2/h1-3H;1-2H3. The highest BCUT2D eigenvalue weighted by atomic mass is 35.5. The van der Waals surface area contributed by atoms with Gasteiger partial charge in [0, 0.05) is 0 Å². The van der Waals surface area contributed by atoms with Crippen molar-refractivity contribution in [3.8, 4) is 5.75 Å². The summed E-state index contributed by atoms with van der Waals surface area (Å²) in [7, 11) is 0. The fourth-order valence-corrected chi connectivity index (χ4v) is 0.668. The molecule has 0 aliphatic rings. The molecule has 0 N–H and O–H groups in total. The molecule has 1 aromatic heterocycles. The minimum absolute atomic E-state index is 0.115. The van der Waals surface area contributed by atoms with Crippen LogP contribution in [0.15, 0.2) is 18.3 Å². The lowest BCUT2D eigenvalue weighted by Gasteiger charge is -2.07. The first kappa shape index (κ1) is 13.0. The summed E-state index contributed by atoms with van der Waals surface area (Å²) in [6.07, 6.45) is -3.79. The van der Waals surface area contributed by atoms with E-state index in [-0.39, 0.29) is 10.9 Å². The van der Waals surface area contributed by atoms with Crippen LogP contribution in [-0.2, 0) is 0 Å². The number of ether oxygens (including phenoxy) is 1. The van der Waals surface area contributed by atoms with Gasteiger partial charge in [0.1, 0.15) is 10.9 Å². The molecule has 0 fully saturated rings. The van der Waals surface area contributed by atoms with Gasteiger partial charge in [-0.15, -0.1) is 13.2 Å². The van der Waals surface area contributed by atoms with Crippen molar-refractivity contribution >= 4 is 11.6 Å². The molecule has 0 unspecified atom stereocenters. The van der Waals surface area contributed by atoms with Gasteiger partial charge >= 0.3 is 6.36 Å². The number of pyridine rings is 1. The fraction of sp³-hybridized carbons (Fsp3) is 0.375. The van der Waals surface area contributed by atoms with Crippen molar-refractivity contribution in [3.05, 3.63) is 23.5 Å². The van der Waals surface area contributed by atoms with Crippen LogP contribution in [0.1, 0.15) is 13.8 Å². The second kappa shape index (κ2) is 5.70. The zero-order valence-electron chi connectivity index (χ0n) is 7.60. The molecular formula is C8H9ClF3NO. The van der Waals surface area contributed by atoms with Crippen LogP contribution in [0.25, 0.3) is 0 Å². The Bertz CT molecular complexity index is 260. The van der Waals surface area contributed by atoms with Crippen molar-refractivity contribution in [2.24, 2.45) is 0 Å². The summed E-state index contributed by atoms with van der Waals surface area (Å²) >= 11 is 5.33. The van der Waals surface area contributed by atoms with Gasteiger partial charge in [-0.3, -0.25) is 0 Å². The third-order valence-electron chi connectivity index (χ3n) is 0.934. The lowest BCUT2D eigenvalue weighted by molar-refractivity contribution is -0.274. The molecule has 0 radical (unpaired) electrons. The highest BCUT2D eigenvalue weighted by Gasteiger charge is 2.31. The van der Waals surface area contributed by atoms with E-state index in [1.54, 1.807) is 0 Å². The van der Waals surface area contributed by atoms with Gasteiger partial charge in [-0.2, -0.15) is 0 Å². The highest BCUT2D eigenvalue weighted by Crippen LogP contribution is 2.22. The molecule has 0 aliphatic carbocycles. The van der Waals surface area contributed by atoms with E-state index >= 15 is 0 Å². The maximum Gasteiger partial charge on any atom is 0.573 e. The summed E-state index contributed by atoms with van der Waals surface area (Å²) in [6, 6.07) is 2.30. The predicted octanol–water partition coefficient (Wildman–Crippen LogP) is 3.66. The molecule has 1 rings (SSSR count). The first-order valence-electron chi connectivity index (χ1n) is 3.85. The van der Waals surface area contributed by atoms with E-state index in [9.17, 15) is 13.2 Å². The minimum atomic E-state index is -4.69. The van der Waals surface area contributed by atoms with Gasteiger partial charge in [0.05, 0.1) is 6.20 Å². The number of hydrogen-bond acceptors (Lipinski definition) is 2.